The molecule has 2 N–H and O–H groups in total. The fourth-order valence-electron chi connectivity index (χ4n) is 4.50. The van der Waals surface area contributed by atoms with Gasteiger partial charge >= 0.3 is 5.97 Å². The fourth-order valence-corrected chi connectivity index (χ4v) is 4.62. The number of carbonyl (C=O) groups excluding carboxylic acids is 1. The van der Waals surface area contributed by atoms with Crippen LogP contribution in [-0.4, -0.2) is 39.5 Å². The molecule has 4 aromatic rings. The van der Waals surface area contributed by atoms with E-state index in [4.69, 9.17) is 16.6 Å². The third-order valence-corrected chi connectivity index (χ3v) is 6.60. The second-order valence-electron chi connectivity index (χ2n) is 8.72. The largest absolute Gasteiger partial charge is 0.480 e. The van der Waals surface area contributed by atoms with Gasteiger partial charge in [0.05, 0.1) is 11.2 Å². The molecule has 1 saturated heterocycles. The van der Waals surface area contributed by atoms with Crippen LogP contribution in [0.15, 0.2) is 78.9 Å². The SMILES string of the molecule is O=C(Nc1ccc2nc(CN3CCC[C@H]3C(=O)O)ccc2c1)c1ccc(-c2ccc(Cl)cc2)cc1. The summed E-state index contributed by atoms with van der Waals surface area (Å²) in [6.45, 7) is 1.28. The maximum atomic E-state index is 12.8. The van der Waals surface area contributed by atoms with Crippen LogP contribution in [0, 0.1) is 0 Å². The number of nitrogens with zero attached hydrogens (tertiary/aromatic N) is 2. The molecule has 1 aliphatic heterocycles. The number of aromatic nitrogens is 1. The second-order valence-corrected chi connectivity index (χ2v) is 9.15. The molecule has 1 amide bonds. The molecule has 1 aromatic heterocycles. The molecular formula is C28H24ClN3O3. The summed E-state index contributed by atoms with van der Waals surface area (Å²) in [5.74, 6) is -0.964. The monoisotopic (exact) mass is 485 g/mol. The molecule has 7 heteroatoms. The first kappa shape index (κ1) is 23.0. The van der Waals surface area contributed by atoms with Crippen molar-refractivity contribution in [3.05, 3.63) is 95.1 Å². The van der Waals surface area contributed by atoms with Gasteiger partial charge in [0.1, 0.15) is 6.04 Å². The van der Waals surface area contributed by atoms with Gasteiger partial charge in [0.2, 0.25) is 0 Å². The molecule has 35 heavy (non-hydrogen) atoms. The Morgan fingerprint density at radius 3 is 2.40 bits per heavy atom. The van der Waals surface area contributed by atoms with Crippen molar-refractivity contribution in [1.82, 2.24) is 9.88 Å². The average Bonchev–Trinajstić information content (AvgIpc) is 3.33. The Balaban J connectivity index is 1.27. The number of nitrogens with one attached hydrogen (secondary N) is 1. The Morgan fingerprint density at radius 2 is 1.69 bits per heavy atom. The molecule has 0 unspecified atom stereocenters. The summed E-state index contributed by atoms with van der Waals surface area (Å²) in [6, 6.07) is 24.0. The number of pyridine rings is 1. The van der Waals surface area contributed by atoms with Crippen LogP contribution in [0.4, 0.5) is 5.69 Å². The highest BCUT2D eigenvalue weighted by Crippen LogP contribution is 2.24. The molecule has 5 rings (SSSR count). The molecule has 0 spiro atoms. The lowest BCUT2D eigenvalue weighted by Crippen LogP contribution is -2.35. The van der Waals surface area contributed by atoms with Gasteiger partial charge in [-0.3, -0.25) is 19.5 Å². The van der Waals surface area contributed by atoms with E-state index in [0.717, 1.165) is 40.7 Å². The molecule has 176 valence electrons. The normalized spacial score (nSPS) is 15.9. The van der Waals surface area contributed by atoms with E-state index < -0.39 is 12.0 Å². The van der Waals surface area contributed by atoms with E-state index in [-0.39, 0.29) is 5.91 Å². The lowest BCUT2D eigenvalue weighted by atomic mass is 10.0. The van der Waals surface area contributed by atoms with Crippen molar-refractivity contribution < 1.29 is 14.7 Å². The molecule has 0 radical (unpaired) electrons. The summed E-state index contributed by atoms with van der Waals surface area (Å²) in [5, 5.41) is 13.9. The molecule has 1 aliphatic rings. The van der Waals surface area contributed by atoms with Crippen LogP contribution >= 0.6 is 11.6 Å². The van der Waals surface area contributed by atoms with E-state index in [0.29, 0.717) is 29.2 Å². The molecule has 1 atom stereocenters. The summed E-state index contributed by atoms with van der Waals surface area (Å²) in [5.41, 5.74) is 4.93. The number of carbonyl (C=O) groups is 2. The maximum Gasteiger partial charge on any atom is 0.320 e. The van der Waals surface area contributed by atoms with E-state index in [1.54, 1.807) is 12.1 Å². The highest BCUT2D eigenvalue weighted by molar-refractivity contribution is 6.30. The number of carboxylic acids is 1. The molecule has 1 fully saturated rings. The Labute approximate surface area is 208 Å². The van der Waals surface area contributed by atoms with E-state index >= 15 is 0 Å². The third kappa shape index (κ3) is 5.19. The zero-order valence-electron chi connectivity index (χ0n) is 18.9. The van der Waals surface area contributed by atoms with Crippen molar-refractivity contribution in [1.29, 1.82) is 0 Å². The van der Waals surface area contributed by atoms with Gasteiger partial charge in [-0.1, -0.05) is 41.9 Å². The van der Waals surface area contributed by atoms with Crippen LogP contribution in [-0.2, 0) is 11.3 Å². The van der Waals surface area contributed by atoms with E-state index in [9.17, 15) is 14.7 Å². The summed E-state index contributed by atoms with van der Waals surface area (Å²) in [4.78, 5) is 30.9. The molecule has 6 nitrogen and oxygen atoms in total. The number of benzene rings is 3. The number of hydrogen-bond acceptors (Lipinski definition) is 4. The number of amides is 1. The average molecular weight is 486 g/mol. The Hall–Kier alpha value is -3.74. The van der Waals surface area contributed by atoms with Gasteiger partial charge in [-0.2, -0.15) is 0 Å². The number of rotatable bonds is 6. The quantitative estimate of drug-likeness (QED) is 0.357. The van der Waals surface area contributed by atoms with Crippen LogP contribution in [0.25, 0.3) is 22.0 Å². The first-order valence-electron chi connectivity index (χ1n) is 11.5. The third-order valence-electron chi connectivity index (χ3n) is 6.34. The predicted octanol–water partition coefficient (Wildman–Crippen LogP) is 5.86. The first-order valence-corrected chi connectivity index (χ1v) is 11.9. The maximum absolute atomic E-state index is 12.8. The minimum absolute atomic E-state index is 0.190. The van der Waals surface area contributed by atoms with Crippen molar-refractivity contribution in [2.75, 3.05) is 11.9 Å². The van der Waals surface area contributed by atoms with Gasteiger partial charge in [0.15, 0.2) is 0 Å². The fraction of sp³-hybridized carbons (Fsp3) is 0.179. The number of aliphatic carboxylic acids is 1. The van der Waals surface area contributed by atoms with E-state index in [1.165, 1.54) is 0 Å². The zero-order chi connectivity index (χ0) is 24.4. The van der Waals surface area contributed by atoms with Crippen molar-refractivity contribution in [3.63, 3.8) is 0 Å². The number of hydrogen-bond donors (Lipinski definition) is 2. The molecule has 0 saturated carbocycles. The summed E-state index contributed by atoms with van der Waals surface area (Å²) < 4.78 is 0. The van der Waals surface area contributed by atoms with Crippen LogP contribution < -0.4 is 5.32 Å². The van der Waals surface area contributed by atoms with Crippen LogP contribution in [0.3, 0.4) is 0 Å². The van der Waals surface area contributed by atoms with Crippen LogP contribution in [0.5, 0.6) is 0 Å². The standard InChI is InChI=1S/C28H24ClN3O3/c29-22-10-7-19(8-11-22)18-3-5-20(6-4-18)27(33)31-23-13-14-25-21(16-23)9-12-24(30-25)17-32-15-1-2-26(32)28(34)35/h3-14,16,26H,1-2,15,17H2,(H,31,33)(H,34,35)/t26-/m0/s1. The van der Waals surface area contributed by atoms with Crippen molar-refractivity contribution in [2.45, 2.75) is 25.4 Å². The summed E-state index contributed by atoms with van der Waals surface area (Å²) in [7, 11) is 0. The van der Waals surface area contributed by atoms with Crippen LogP contribution in [0.2, 0.25) is 5.02 Å². The predicted molar refractivity (Wildman–Crippen MR) is 138 cm³/mol. The van der Waals surface area contributed by atoms with Crippen LogP contribution in [0.1, 0.15) is 28.9 Å². The highest BCUT2D eigenvalue weighted by atomic mass is 35.5. The van der Waals surface area contributed by atoms with Gasteiger partial charge in [-0.05, 0) is 79.0 Å². The number of carboxylic acid groups (broad SMARTS) is 1. The van der Waals surface area contributed by atoms with Crippen molar-refractivity contribution in [2.24, 2.45) is 0 Å². The first-order chi connectivity index (χ1) is 17.0. The highest BCUT2D eigenvalue weighted by Gasteiger charge is 2.30. The second kappa shape index (κ2) is 9.86. The van der Waals surface area contributed by atoms with Gasteiger partial charge in [0.25, 0.3) is 5.91 Å². The molecule has 3 aromatic carbocycles. The lowest BCUT2D eigenvalue weighted by Gasteiger charge is -2.20. The summed E-state index contributed by atoms with van der Waals surface area (Å²) in [6.07, 6.45) is 1.56. The van der Waals surface area contributed by atoms with E-state index in [2.05, 4.69) is 5.32 Å². The smallest absolute Gasteiger partial charge is 0.320 e. The zero-order valence-corrected chi connectivity index (χ0v) is 19.7. The number of likely N-dealkylation sites (tertiary alicyclic amines) is 1. The molecular weight excluding hydrogens is 462 g/mol. The minimum Gasteiger partial charge on any atom is -0.480 e. The van der Waals surface area contributed by atoms with Gasteiger partial charge in [-0.25, -0.2) is 0 Å². The number of fused-ring (bicyclic) bond motifs is 1. The van der Waals surface area contributed by atoms with Gasteiger partial charge in [0, 0.05) is 28.2 Å². The lowest BCUT2D eigenvalue weighted by molar-refractivity contribution is -0.142. The molecule has 2 heterocycles. The topological polar surface area (TPSA) is 82.5 Å². The molecule has 0 bridgehead atoms. The Bertz CT molecular complexity index is 1390. The van der Waals surface area contributed by atoms with E-state index in [1.807, 2.05) is 71.6 Å². The van der Waals surface area contributed by atoms with Crippen molar-refractivity contribution in [3.8, 4) is 11.1 Å². The summed E-state index contributed by atoms with van der Waals surface area (Å²) >= 11 is 5.96. The van der Waals surface area contributed by atoms with Crippen molar-refractivity contribution >= 4 is 40.1 Å². The van der Waals surface area contributed by atoms with Gasteiger partial charge in [-0.15, -0.1) is 0 Å². The number of anilines is 1. The molecule has 0 aliphatic carbocycles. The Kier molecular flexibility index (Phi) is 6.49. The number of halogens is 1. The Morgan fingerprint density at radius 1 is 0.971 bits per heavy atom. The van der Waals surface area contributed by atoms with Gasteiger partial charge < -0.3 is 10.4 Å². The minimum atomic E-state index is -0.775.